The lowest BCUT2D eigenvalue weighted by Crippen LogP contribution is -2.39. The van der Waals surface area contributed by atoms with Crippen LogP contribution < -0.4 is 14.9 Å². The summed E-state index contributed by atoms with van der Waals surface area (Å²) >= 11 is 0. The number of nitrogens with one attached hydrogen (secondary N) is 2. The lowest BCUT2D eigenvalue weighted by atomic mass is 10.1. The van der Waals surface area contributed by atoms with Crippen molar-refractivity contribution in [3.05, 3.63) is 66.2 Å². The number of amides is 2. The predicted octanol–water partition coefficient (Wildman–Crippen LogP) is 4.12. The molecule has 7 heteroatoms. The Morgan fingerprint density at radius 2 is 1.86 bits per heavy atom. The molecule has 6 nitrogen and oxygen atoms in total. The molecule has 0 atom stereocenters. The number of hydrogen-bond acceptors (Lipinski definition) is 3. The van der Waals surface area contributed by atoms with Crippen molar-refractivity contribution in [3.63, 3.8) is 0 Å². The molecule has 0 bridgehead atoms. The number of fused-ring (bicyclic) bond motifs is 2. The number of benzene rings is 3. The third-order valence-corrected chi connectivity index (χ3v) is 6.43. The molecule has 1 aliphatic heterocycles. The first-order valence-electron chi connectivity index (χ1n) is 9.68. The second-order valence-corrected chi connectivity index (χ2v) is 8.74. The Morgan fingerprint density at radius 1 is 1.07 bits per heavy atom. The second kappa shape index (κ2) is 7.75. The normalized spacial score (nSPS) is 13.3. The van der Waals surface area contributed by atoms with Gasteiger partial charge in [0.15, 0.2) is 0 Å². The maximum absolute atomic E-state index is 13.0. The van der Waals surface area contributed by atoms with Crippen LogP contribution in [0.3, 0.4) is 0 Å². The van der Waals surface area contributed by atoms with Crippen LogP contribution in [0.5, 0.6) is 0 Å². The Labute approximate surface area is 170 Å². The third-order valence-electron chi connectivity index (χ3n) is 5.06. The van der Waals surface area contributed by atoms with Gasteiger partial charge in [0.05, 0.1) is 10.6 Å². The number of sulfonamides is 1. The van der Waals surface area contributed by atoms with Crippen LogP contribution in [0.4, 0.5) is 16.2 Å². The number of urea groups is 1. The molecular weight excluding hydrogens is 386 g/mol. The number of carbonyl (C=O) groups excluding carboxylic acids is 1. The average Bonchev–Trinajstić information content (AvgIpc) is 3.15. The highest BCUT2D eigenvalue weighted by Gasteiger charge is 2.26. The molecule has 1 aliphatic rings. The Bertz CT molecular complexity index is 1170. The lowest BCUT2D eigenvalue weighted by molar-refractivity contribution is 0.247. The summed E-state index contributed by atoms with van der Waals surface area (Å²) < 4.78 is 28.7. The molecule has 1 heterocycles. The van der Waals surface area contributed by atoms with Gasteiger partial charge in [-0.15, -0.1) is 0 Å². The molecule has 29 heavy (non-hydrogen) atoms. The number of carbonyl (C=O) groups is 1. The van der Waals surface area contributed by atoms with Crippen molar-refractivity contribution in [2.45, 2.75) is 24.7 Å². The van der Waals surface area contributed by atoms with Gasteiger partial charge in [0.25, 0.3) is 10.0 Å². The molecule has 150 valence electrons. The Kier molecular flexibility index (Phi) is 5.15. The molecule has 4 rings (SSSR count). The van der Waals surface area contributed by atoms with Crippen LogP contribution in [0.15, 0.2) is 65.6 Å². The van der Waals surface area contributed by atoms with E-state index in [0.29, 0.717) is 25.2 Å². The van der Waals surface area contributed by atoms with E-state index in [1.807, 2.05) is 43.3 Å². The van der Waals surface area contributed by atoms with Gasteiger partial charge in [0.1, 0.15) is 0 Å². The van der Waals surface area contributed by atoms with E-state index < -0.39 is 10.0 Å². The molecule has 3 aromatic carbocycles. The first kappa shape index (κ1) is 19.3. The van der Waals surface area contributed by atoms with E-state index in [9.17, 15) is 13.2 Å². The maximum atomic E-state index is 13.0. The maximum Gasteiger partial charge on any atom is 0.321 e. The fourth-order valence-corrected chi connectivity index (χ4v) is 4.73. The highest BCUT2D eigenvalue weighted by Crippen LogP contribution is 2.31. The molecule has 0 saturated carbocycles. The van der Waals surface area contributed by atoms with E-state index in [1.54, 1.807) is 29.2 Å². The van der Waals surface area contributed by atoms with Crippen molar-refractivity contribution in [3.8, 4) is 0 Å². The molecule has 0 spiro atoms. The van der Waals surface area contributed by atoms with Gasteiger partial charge < -0.3 is 5.32 Å². The summed E-state index contributed by atoms with van der Waals surface area (Å²) in [6, 6.07) is 18.0. The first-order chi connectivity index (χ1) is 14.0. The minimum Gasteiger partial charge on any atom is -0.338 e. The number of nitrogens with zero attached hydrogens (tertiary/aromatic N) is 1. The van der Waals surface area contributed by atoms with E-state index in [2.05, 4.69) is 10.0 Å². The number of hydrogen-bond donors (Lipinski definition) is 2. The van der Waals surface area contributed by atoms with Crippen LogP contribution in [0, 0.1) is 0 Å². The fraction of sp³-hybridized carbons (Fsp3) is 0.227. The van der Waals surface area contributed by atoms with E-state index in [-0.39, 0.29) is 10.9 Å². The lowest BCUT2D eigenvalue weighted by Gasteiger charge is -2.18. The highest BCUT2D eigenvalue weighted by atomic mass is 32.2. The van der Waals surface area contributed by atoms with Gasteiger partial charge in [-0.2, -0.15) is 0 Å². The van der Waals surface area contributed by atoms with Crippen LogP contribution in [0.1, 0.15) is 18.9 Å². The minimum absolute atomic E-state index is 0.143. The Morgan fingerprint density at radius 3 is 2.69 bits per heavy atom. The Balaban J connectivity index is 1.61. The number of rotatable bonds is 5. The molecule has 2 N–H and O–H groups in total. The van der Waals surface area contributed by atoms with Crippen molar-refractivity contribution in [1.29, 1.82) is 0 Å². The summed E-state index contributed by atoms with van der Waals surface area (Å²) in [5, 5.41) is 4.68. The van der Waals surface area contributed by atoms with Gasteiger partial charge in [-0.05, 0) is 48.1 Å². The van der Waals surface area contributed by atoms with Crippen molar-refractivity contribution in [1.82, 2.24) is 5.32 Å². The standard InChI is InChI=1S/C22H23N3O3S/c1-2-13-23-22(26)25-14-12-17-15-18(10-11-21(17)25)29(27,28)24-20-9-5-7-16-6-3-4-8-19(16)20/h3-11,15,24H,2,12-14H2,1H3,(H,23,26). The highest BCUT2D eigenvalue weighted by molar-refractivity contribution is 7.92. The topological polar surface area (TPSA) is 78.5 Å². The SMILES string of the molecule is CCCNC(=O)N1CCc2cc(S(=O)(=O)Nc3cccc4ccccc34)ccc21. The van der Waals surface area contributed by atoms with E-state index in [1.165, 1.54) is 0 Å². The van der Waals surface area contributed by atoms with E-state index >= 15 is 0 Å². The summed E-state index contributed by atoms with van der Waals surface area (Å²) in [7, 11) is -3.75. The first-order valence-corrected chi connectivity index (χ1v) is 11.2. The van der Waals surface area contributed by atoms with Crippen molar-refractivity contribution < 1.29 is 13.2 Å². The van der Waals surface area contributed by atoms with Crippen LogP contribution in [-0.2, 0) is 16.4 Å². The summed E-state index contributed by atoms with van der Waals surface area (Å²) in [5.41, 5.74) is 2.17. The fourth-order valence-electron chi connectivity index (χ4n) is 3.60. The van der Waals surface area contributed by atoms with Gasteiger partial charge in [-0.1, -0.05) is 43.3 Å². The van der Waals surface area contributed by atoms with Crippen LogP contribution in [0.2, 0.25) is 0 Å². The van der Waals surface area contributed by atoms with E-state index in [4.69, 9.17) is 0 Å². The summed E-state index contributed by atoms with van der Waals surface area (Å²) in [6.07, 6.45) is 1.50. The molecule has 0 aliphatic carbocycles. The van der Waals surface area contributed by atoms with Gasteiger partial charge in [-0.3, -0.25) is 9.62 Å². The molecule has 2 amide bonds. The van der Waals surface area contributed by atoms with Gasteiger partial charge in [0, 0.05) is 24.2 Å². The summed E-state index contributed by atoms with van der Waals surface area (Å²) in [6.45, 7) is 3.16. The van der Waals surface area contributed by atoms with Gasteiger partial charge in [0.2, 0.25) is 0 Å². The monoisotopic (exact) mass is 409 g/mol. The quantitative estimate of drug-likeness (QED) is 0.665. The zero-order chi connectivity index (χ0) is 20.4. The largest absolute Gasteiger partial charge is 0.338 e. The molecule has 0 unspecified atom stereocenters. The van der Waals surface area contributed by atoms with E-state index in [0.717, 1.165) is 28.4 Å². The third kappa shape index (κ3) is 3.78. The molecule has 0 fully saturated rings. The summed E-state index contributed by atoms with van der Waals surface area (Å²) in [4.78, 5) is 14.2. The molecule has 0 radical (unpaired) electrons. The molecular formula is C22H23N3O3S. The minimum atomic E-state index is -3.75. The zero-order valence-electron chi connectivity index (χ0n) is 16.2. The Hall–Kier alpha value is -3.06. The van der Waals surface area contributed by atoms with Gasteiger partial charge >= 0.3 is 6.03 Å². The van der Waals surface area contributed by atoms with Crippen molar-refractivity contribution >= 4 is 38.2 Å². The predicted molar refractivity (Wildman–Crippen MR) is 116 cm³/mol. The zero-order valence-corrected chi connectivity index (χ0v) is 17.0. The van der Waals surface area contributed by atoms with Crippen LogP contribution in [0.25, 0.3) is 10.8 Å². The van der Waals surface area contributed by atoms with Crippen molar-refractivity contribution in [2.75, 3.05) is 22.7 Å². The van der Waals surface area contributed by atoms with Crippen LogP contribution in [-0.4, -0.2) is 27.5 Å². The van der Waals surface area contributed by atoms with Crippen molar-refractivity contribution in [2.24, 2.45) is 0 Å². The molecule has 0 aromatic heterocycles. The van der Waals surface area contributed by atoms with Crippen LogP contribution >= 0.6 is 0 Å². The average molecular weight is 410 g/mol. The number of anilines is 2. The second-order valence-electron chi connectivity index (χ2n) is 7.06. The molecule has 0 saturated heterocycles. The smallest absolute Gasteiger partial charge is 0.321 e. The summed E-state index contributed by atoms with van der Waals surface area (Å²) in [5.74, 6) is 0. The molecule has 3 aromatic rings. The van der Waals surface area contributed by atoms with Gasteiger partial charge in [-0.25, -0.2) is 13.2 Å².